The molecule has 2 aliphatic heterocycles. The highest BCUT2D eigenvalue weighted by Crippen LogP contribution is 2.19. The largest absolute Gasteiger partial charge is 0.372 e. The van der Waals surface area contributed by atoms with Gasteiger partial charge >= 0.3 is 0 Å². The van der Waals surface area contributed by atoms with Crippen LogP contribution in [-0.2, 0) is 9.53 Å². The number of ether oxygens (including phenoxy) is 1. The Balaban J connectivity index is 1.78. The van der Waals surface area contributed by atoms with Gasteiger partial charge in [0.15, 0.2) is 0 Å². The van der Waals surface area contributed by atoms with Gasteiger partial charge in [-0.25, -0.2) is 15.2 Å². The minimum atomic E-state index is -1.09. The number of amides is 1. The van der Waals surface area contributed by atoms with Crippen LogP contribution in [0.25, 0.3) is 0 Å². The van der Waals surface area contributed by atoms with E-state index in [1.54, 1.807) is 4.90 Å². The molecule has 1 unspecified atom stereocenters. The van der Waals surface area contributed by atoms with Crippen LogP contribution in [0.2, 0.25) is 0 Å². The summed E-state index contributed by atoms with van der Waals surface area (Å²) in [4.78, 5) is 13.7. The zero-order valence-electron chi connectivity index (χ0n) is 11.5. The number of likely N-dealkylation sites (tertiary alicyclic amines) is 1. The first-order chi connectivity index (χ1) is 9.06. The van der Waals surface area contributed by atoms with Gasteiger partial charge in [-0.3, -0.25) is 4.79 Å². The smallest absolute Gasteiger partial charge is 0.224 e. The molecule has 0 aromatic rings. The quantitative estimate of drug-likeness (QED) is 0.658. The van der Waals surface area contributed by atoms with Crippen molar-refractivity contribution < 1.29 is 13.9 Å². The Hall–Kier alpha value is -0.760. The molecule has 2 aliphatic rings. The highest BCUT2D eigenvalue weighted by atomic mass is 19.1. The SMILES string of the molecule is CC(C)O[C@H]1CCN(C(=O)CC2CNNN2)C[C@H]1F. The molecule has 110 valence electrons. The summed E-state index contributed by atoms with van der Waals surface area (Å²) < 4.78 is 19.5. The fourth-order valence-corrected chi connectivity index (χ4v) is 2.45. The molecule has 0 bridgehead atoms. The lowest BCUT2D eigenvalue weighted by molar-refractivity contribution is -0.138. The van der Waals surface area contributed by atoms with Crippen molar-refractivity contribution in [3.8, 4) is 0 Å². The second kappa shape index (κ2) is 6.60. The lowest BCUT2D eigenvalue weighted by Crippen LogP contribution is -2.50. The van der Waals surface area contributed by atoms with Gasteiger partial charge < -0.3 is 9.64 Å². The van der Waals surface area contributed by atoms with E-state index < -0.39 is 6.17 Å². The molecule has 1 amide bonds. The molecule has 3 atom stereocenters. The first-order valence-electron chi connectivity index (χ1n) is 6.87. The first kappa shape index (κ1) is 14.6. The van der Waals surface area contributed by atoms with E-state index in [-0.39, 0.29) is 30.7 Å². The van der Waals surface area contributed by atoms with E-state index in [0.717, 1.165) is 0 Å². The lowest BCUT2D eigenvalue weighted by Gasteiger charge is -2.35. The predicted molar refractivity (Wildman–Crippen MR) is 68.8 cm³/mol. The van der Waals surface area contributed by atoms with Crippen LogP contribution in [0.1, 0.15) is 26.7 Å². The maximum absolute atomic E-state index is 14.0. The third-order valence-corrected chi connectivity index (χ3v) is 3.42. The number of piperidine rings is 1. The molecule has 0 radical (unpaired) electrons. The molecule has 19 heavy (non-hydrogen) atoms. The van der Waals surface area contributed by atoms with Gasteiger partial charge in [0.25, 0.3) is 0 Å². The summed E-state index contributed by atoms with van der Waals surface area (Å²) in [6.45, 7) is 5.21. The minimum Gasteiger partial charge on any atom is -0.372 e. The Morgan fingerprint density at radius 2 is 2.32 bits per heavy atom. The number of hydrogen-bond acceptors (Lipinski definition) is 5. The average Bonchev–Trinajstić information content (AvgIpc) is 2.84. The Morgan fingerprint density at radius 1 is 1.53 bits per heavy atom. The van der Waals surface area contributed by atoms with Gasteiger partial charge in [-0.1, -0.05) is 0 Å². The Kier molecular flexibility index (Phi) is 5.09. The molecule has 0 aromatic heterocycles. The van der Waals surface area contributed by atoms with Crippen LogP contribution in [0.5, 0.6) is 0 Å². The van der Waals surface area contributed by atoms with Crippen LogP contribution >= 0.6 is 0 Å². The van der Waals surface area contributed by atoms with Crippen LogP contribution in [0, 0.1) is 0 Å². The zero-order chi connectivity index (χ0) is 13.8. The normalized spacial score (nSPS) is 32.0. The van der Waals surface area contributed by atoms with Gasteiger partial charge in [0, 0.05) is 25.6 Å². The molecule has 2 saturated heterocycles. The van der Waals surface area contributed by atoms with Crippen molar-refractivity contribution in [2.24, 2.45) is 0 Å². The second-order valence-corrected chi connectivity index (χ2v) is 5.42. The molecule has 0 spiro atoms. The van der Waals surface area contributed by atoms with Crippen molar-refractivity contribution >= 4 is 5.91 Å². The number of carbonyl (C=O) groups is 1. The standard InChI is InChI=1S/C12H23FN4O2/c1-8(2)19-11-3-4-17(7-10(11)13)12(18)5-9-6-14-16-15-9/h8-11,14-16H,3-7H2,1-2H3/t9?,10-,11+/m1/s1. The second-order valence-electron chi connectivity index (χ2n) is 5.42. The molecule has 2 rings (SSSR count). The molecule has 6 nitrogen and oxygen atoms in total. The first-order valence-corrected chi connectivity index (χ1v) is 6.87. The molecule has 2 fully saturated rings. The third kappa shape index (κ3) is 4.10. The fourth-order valence-electron chi connectivity index (χ4n) is 2.45. The van der Waals surface area contributed by atoms with Crippen LogP contribution in [-0.4, -0.2) is 54.9 Å². The van der Waals surface area contributed by atoms with Crippen molar-refractivity contribution in [1.82, 2.24) is 21.3 Å². The summed E-state index contributed by atoms with van der Waals surface area (Å²) >= 11 is 0. The molecule has 3 N–H and O–H groups in total. The van der Waals surface area contributed by atoms with E-state index >= 15 is 0 Å². The number of hydrogen-bond donors (Lipinski definition) is 3. The summed E-state index contributed by atoms with van der Waals surface area (Å²) in [7, 11) is 0. The average molecular weight is 274 g/mol. The van der Waals surface area contributed by atoms with Crippen LogP contribution < -0.4 is 16.4 Å². The molecule has 7 heteroatoms. The van der Waals surface area contributed by atoms with Gasteiger partial charge in [0.1, 0.15) is 6.17 Å². The van der Waals surface area contributed by atoms with Gasteiger partial charge in [0.2, 0.25) is 5.91 Å². The Morgan fingerprint density at radius 3 is 2.89 bits per heavy atom. The summed E-state index contributed by atoms with van der Waals surface area (Å²) in [5.74, 6) is -0.00588. The van der Waals surface area contributed by atoms with Crippen molar-refractivity contribution in [2.45, 2.75) is 51.1 Å². The van der Waals surface area contributed by atoms with Crippen molar-refractivity contribution in [2.75, 3.05) is 19.6 Å². The van der Waals surface area contributed by atoms with Gasteiger partial charge in [-0.05, 0) is 20.3 Å². The molecule has 2 heterocycles. The summed E-state index contributed by atoms with van der Waals surface area (Å²) in [6, 6.07) is 0.0650. The lowest BCUT2D eigenvalue weighted by atomic mass is 10.0. The van der Waals surface area contributed by atoms with E-state index in [1.807, 2.05) is 13.8 Å². The van der Waals surface area contributed by atoms with E-state index in [1.165, 1.54) is 0 Å². The van der Waals surface area contributed by atoms with E-state index in [9.17, 15) is 9.18 Å². The van der Waals surface area contributed by atoms with Crippen LogP contribution in [0.15, 0.2) is 0 Å². The Bertz CT molecular complexity index is 310. The van der Waals surface area contributed by atoms with E-state index in [0.29, 0.717) is 25.9 Å². The number of halogens is 1. The fraction of sp³-hybridized carbons (Fsp3) is 0.917. The maximum Gasteiger partial charge on any atom is 0.224 e. The molecule has 0 aromatic carbocycles. The topological polar surface area (TPSA) is 65.6 Å². The van der Waals surface area contributed by atoms with E-state index in [4.69, 9.17) is 4.74 Å². The van der Waals surface area contributed by atoms with Crippen molar-refractivity contribution in [3.05, 3.63) is 0 Å². The minimum absolute atomic E-state index is 0.00588. The Labute approximate surface area is 113 Å². The van der Waals surface area contributed by atoms with Crippen LogP contribution in [0.3, 0.4) is 0 Å². The number of alkyl halides is 1. The summed E-state index contributed by atoms with van der Waals surface area (Å²) in [5.41, 5.74) is 8.59. The number of carbonyl (C=O) groups excluding carboxylic acids is 1. The molecule has 0 aliphatic carbocycles. The van der Waals surface area contributed by atoms with Crippen molar-refractivity contribution in [1.29, 1.82) is 0 Å². The molecule has 0 saturated carbocycles. The summed E-state index contributed by atoms with van der Waals surface area (Å²) in [6.07, 6.45) is -0.502. The van der Waals surface area contributed by atoms with Gasteiger partial charge in [-0.15, -0.1) is 0 Å². The van der Waals surface area contributed by atoms with Crippen LogP contribution in [0.4, 0.5) is 4.39 Å². The van der Waals surface area contributed by atoms with Gasteiger partial charge in [0.05, 0.1) is 18.8 Å². The maximum atomic E-state index is 14.0. The predicted octanol–water partition coefficient (Wildman–Crippen LogP) is -0.278. The highest BCUT2D eigenvalue weighted by Gasteiger charge is 2.33. The number of nitrogens with one attached hydrogen (secondary N) is 3. The van der Waals surface area contributed by atoms with Crippen molar-refractivity contribution in [3.63, 3.8) is 0 Å². The third-order valence-electron chi connectivity index (χ3n) is 3.42. The summed E-state index contributed by atoms with van der Waals surface area (Å²) in [5, 5.41) is 0. The number of nitrogens with zero attached hydrogens (tertiary/aromatic N) is 1. The van der Waals surface area contributed by atoms with Gasteiger partial charge in [-0.2, -0.15) is 5.53 Å². The molecular weight excluding hydrogens is 251 g/mol. The highest BCUT2D eigenvalue weighted by molar-refractivity contribution is 5.77. The zero-order valence-corrected chi connectivity index (χ0v) is 11.5. The van der Waals surface area contributed by atoms with E-state index in [2.05, 4.69) is 16.4 Å². The monoisotopic (exact) mass is 274 g/mol. The number of hydrazine groups is 2. The molecular formula is C12H23FN4O2. The number of rotatable bonds is 4.